The van der Waals surface area contributed by atoms with E-state index in [1.807, 2.05) is 0 Å². The van der Waals surface area contributed by atoms with Crippen molar-refractivity contribution in [3.63, 3.8) is 0 Å². The minimum atomic E-state index is 0.880. The SMILES string of the molecule is C1CC2CN(C3CCNC3)CC2C1. The molecule has 3 aliphatic rings. The van der Waals surface area contributed by atoms with Crippen LogP contribution in [0.15, 0.2) is 0 Å². The van der Waals surface area contributed by atoms with Gasteiger partial charge in [-0.05, 0) is 37.6 Å². The molecule has 2 aliphatic heterocycles. The Morgan fingerprint density at radius 1 is 1.00 bits per heavy atom. The Labute approximate surface area is 80.7 Å². The van der Waals surface area contributed by atoms with Crippen molar-refractivity contribution >= 4 is 0 Å². The second-order valence-corrected chi connectivity index (χ2v) is 5.05. The summed E-state index contributed by atoms with van der Waals surface area (Å²) in [5, 5.41) is 3.47. The van der Waals surface area contributed by atoms with E-state index in [2.05, 4.69) is 10.2 Å². The van der Waals surface area contributed by atoms with Crippen LogP contribution in [0.2, 0.25) is 0 Å². The third-order valence-electron chi connectivity index (χ3n) is 4.31. The number of nitrogens with one attached hydrogen (secondary N) is 1. The summed E-state index contributed by atoms with van der Waals surface area (Å²) in [6.45, 7) is 5.32. The minimum absolute atomic E-state index is 0.880. The van der Waals surface area contributed by atoms with E-state index in [1.165, 1.54) is 51.9 Å². The number of hydrogen-bond acceptors (Lipinski definition) is 2. The predicted octanol–water partition coefficient (Wildman–Crippen LogP) is 1.08. The molecule has 3 rings (SSSR count). The third kappa shape index (κ3) is 1.40. The van der Waals surface area contributed by atoms with Crippen molar-refractivity contribution < 1.29 is 0 Å². The van der Waals surface area contributed by atoms with Crippen LogP contribution in [0.3, 0.4) is 0 Å². The predicted molar refractivity (Wildman–Crippen MR) is 53.7 cm³/mol. The molecule has 0 radical (unpaired) electrons. The standard InChI is InChI=1S/C11H20N2/c1-2-9-7-13(8-10(9)3-1)11-4-5-12-6-11/h9-12H,1-8H2. The molecule has 0 spiro atoms. The van der Waals surface area contributed by atoms with Gasteiger partial charge in [0.2, 0.25) is 0 Å². The summed E-state index contributed by atoms with van der Waals surface area (Å²) in [6, 6.07) is 0.880. The molecule has 0 amide bonds. The second-order valence-electron chi connectivity index (χ2n) is 5.05. The molecule has 0 bridgehead atoms. The summed E-state index contributed by atoms with van der Waals surface area (Å²) in [5.41, 5.74) is 0. The summed E-state index contributed by atoms with van der Waals surface area (Å²) in [7, 11) is 0. The van der Waals surface area contributed by atoms with Gasteiger partial charge < -0.3 is 5.32 Å². The number of likely N-dealkylation sites (tertiary alicyclic amines) is 1. The maximum absolute atomic E-state index is 3.47. The molecule has 2 saturated heterocycles. The zero-order valence-electron chi connectivity index (χ0n) is 8.34. The van der Waals surface area contributed by atoms with E-state index < -0.39 is 0 Å². The van der Waals surface area contributed by atoms with Crippen LogP contribution in [0.5, 0.6) is 0 Å². The molecule has 1 N–H and O–H groups in total. The van der Waals surface area contributed by atoms with Gasteiger partial charge in [-0.2, -0.15) is 0 Å². The summed E-state index contributed by atoms with van der Waals surface area (Å²) in [5.74, 6) is 2.14. The molecule has 1 saturated carbocycles. The van der Waals surface area contributed by atoms with Crippen LogP contribution in [-0.4, -0.2) is 37.1 Å². The van der Waals surface area contributed by atoms with E-state index in [0.29, 0.717) is 0 Å². The highest BCUT2D eigenvalue weighted by Crippen LogP contribution is 2.38. The minimum Gasteiger partial charge on any atom is -0.315 e. The summed E-state index contributed by atoms with van der Waals surface area (Å²) < 4.78 is 0. The summed E-state index contributed by atoms with van der Waals surface area (Å²) in [6.07, 6.45) is 5.92. The molecule has 2 heterocycles. The number of nitrogens with zero attached hydrogens (tertiary/aromatic N) is 1. The fourth-order valence-corrected chi connectivity index (χ4v) is 3.52. The van der Waals surface area contributed by atoms with E-state index in [-0.39, 0.29) is 0 Å². The molecular weight excluding hydrogens is 160 g/mol. The van der Waals surface area contributed by atoms with E-state index in [4.69, 9.17) is 0 Å². The zero-order chi connectivity index (χ0) is 8.67. The summed E-state index contributed by atoms with van der Waals surface area (Å²) in [4.78, 5) is 2.76. The molecule has 74 valence electrons. The van der Waals surface area contributed by atoms with E-state index >= 15 is 0 Å². The van der Waals surface area contributed by atoms with Crippen molar-refractivity contribution in [3.8, 4) is 0 Å². The van der Waals surface area contributed by atoms with Crippen LogP contribution in [0.25, 0.3) is 0 Å². The fraction of sp³-hybridized carbons (Fsp3) is 1.00. The normalized spacial score (nSPS) is 45.7. The van der Waals surface area contributed by atoms with Crippen molar-refractivity contribution in [2.24, 2.45) is 11.8 Å². The lowest BCUT2D eigenvalue weighted by atomic mass is 10.0. The highest BCUT2D eigenvalue weighted by Gasteiger charge is 2.38. The first-order valence-electron chi connectivity index (χ1n) is 5.88. The van der Waals surface area contributed by atoms with Crippen LogP contribution in [0.4, 0.5) is 0 Å². The molecule has 3 atom stereocenters. The first kappa shape index (κ1) is 8.25. The van der Waals surface area contributed by atoms with Crippen LogP contribution < -0.4 is 5.32 Å². The quantitative estimate of drug-likeness (QED) is 0.649. The Morgan fingerprint density at radius 3 is 2.38 bits per heavy atom. The van der Waals surface area contributed by atoms with Crippen molar-refractivity contribution in [2.75, 3.05) is 26.2 Å². The van der Waals surface area contributed by atoms with Gasteiger partial charge in [-0.15, -0.1) is 0 Å². The third-order valence-corrected chi connectivity index (χ3v) is 4.31. The van der Waals surface area contributed by atoms with Gasteiger partial charge >= 0.3 is 0 Å². The molecule has 2 heteroatoms. The van der Waals surface area contributed by atoms with Gasteiger partial charge in [0.15, 0.2) is 0 Å². The van der Waals surface area contributed by atoms with Crippen molar-refractivity contribution in [3.05, 3.63) is 0 Å². The van der Waals surface area contributed by atoms with Gasteiger partial charge in [-0.1, -0.05) is 6.42 Å². The van der Waals surface area contributed by atoms with Gasteiger partial charge in [-0.25, -0.2) is 0 Å². The number of rotatable bonds is 1. The van der Waals surface area contributed by atoms with Gasteiger partial charge in [0.25, 0.3) is 0 Å². The molecule has 2 nitrogen and oxygen atoms in total. The molecule has 3 unspecified atom stereocenters. The highest BCUT2D eigenvalue weighted by atomic mass is 15.2. The van der Waals surface area contributed by atoms with E-state index in [1.54, 1.807) is 0 Å². The van der Waals surface area contributed by atoms with E-state index in [9.17, 15) is 0 Å². The van der Waals surface area contributed by atoms with Crippen molar-refractivity contribution in [1.29, 1.82) is 0 Å². The topological polar surface area (TPSA) is 15.3 Å². The van der Waals surface area contributed by atoms with Crippen molar-refractivity contribution in [1.82, 2.24) is 10.2 Å². The van der Waals surface area contributed by atoms with Crippen molar-refractivity contribution in [2.45, 2.75) is 31.7 Å². The number of fused-ring (bicyclic) bond motifs is 1. The number of hydrogen-bond donors (Lipinski definition) is 1. The molecule has 0 aromatic carbocycles. The first-order chi connectivity index (χ1) is 6.43. The lowest BCUT2D eigenvalue weighted by molar-refractivity contribution is 0.238. The molecular formula is C11H20N2. The van der Waals surface area contributed by atoms with Crippen LogP contribution in [-0.2, 0) is 0 Å². The van der Waals surface area contributed by atoms with Gasteiger partial charge in [0.05, 0.1) is 0 Å². The molecule has 0 aromatic heterocycles. The van der Waals surface area contributed by atoms with Gasteiger partial charge in [0.1, 0.15) is 0 Å². The lowest BCUT2D eigenvalue weighted by Crippen LogP contribution is -2.35. The maximum atomic E-state index is 3.47. The van der Waals surface area contributed by atoms with Crippen LogP contribution in [0.1, 0.15) is 25.7 Å². The summed E-state index contributed by atoms with van der Waals surface area (Å²) >= 11 is 0. The monoisotopic (exact) mass is 180 g/mol. The first-order valence-corrected chi connectivity index (χ1v) is 5.88. The Balaban J connectivity index is 1.62. The molecule has 0 aromatic rings. The molecule has 3 fully saturated rings. The lowest BCUT2D eigenvalue weighted by Gasteiger charge is -2.23. The molecule has 1 aliphatic carbocycles. The van der Waals surface area contributed by atoms with Crippen LogP contribution in [0, 0.1) is 11.8 Å². The second kappa shape index (κ2) is 3.25. The highest BCUT2D eigenvalue weighted by molar-refractivity contribution is 4.93. The van der Waals surface area contributed by atoms with E-state index in [0.717, 1.165) is 17.9 Å². The van der Waals surface area contributed by atoms with Gasteiger partial charge in [0, 0.05) is 25.7 Å². The Morgan fingerprint density at radius 2 is 1.77 bits per heavy atom. The largest absolute Gasteiger partial charge is 0.315 e. The fourth-order valence-electron chi connectivity index (χ4n) is 3.52. The zero-order valence-corrected chi connectivity index (χ0v) is 8.34. The van der Waals surface area contributed by atoms with Gasteiger partial charge in [-0.3, -0.25) is 4.90 Å². The van der Waals surface area contributed by atoms with Crippen LogP contribution >= 0.6 is 0 Å². The maximum Gasteiger partial charge on any atom is 0.0232 e. The average molecular weight is 180 g/mol. The smallest absolute Gasteiger partial charge is 0.0232 e. The molecule has 13 heavy (non-hydrogen) atoms. The Kier molecular flexibility index (Phi) is 2.06. The Hall–Kier alpha value is -0.0800. The Bertz CT molecular complexity index is 175. The average Bonchev–Trinajstić information content (AvgIpc) is 2.78.